The number of benzene rings is 2. The van der Waals surface area contributed by atoms with Crippen molar-refractivity contribution in [2.75, 3.05) is 0 Å². The van der Waals surface area contributed by atoms with Crippen molar-refractivity contribution in [3.05, 3.63) is 77.1 Å². The van der Waals surface area contributed by atoms with E-state index >= 15 is 0 Å². The van der Waals surface area contributed by atoms with E-state index in [-0.39, 0.29) is 29.3 Å². The predicted octanol–water partition coefficient (Wildman–Crippen LogP) is 6.58. The number of allylic oxidation sites excluding steroid dienone is 1. The molecule has 5 rings (SSSR count). The van der Waals surface area contributed by atoms with Crippen LogP contribution in [0.15, 0.2) is 59.0 Å². The Bertz CT molecular complexity index is 1380. The third-order valence-electron chi connectivity index (χ3n) is 7.01. The van der Waals surface area contributed by atoms with E-state index in [9.17, 15) is 19.5 Å². The van der Waals surface area contributed by atoms with Gasteiger partial charge in [-0.3, -0.25) is 9.59 Å². The summed E-state index contributed by atoms with van der Waals surface area (Å²) >= 11 is 0. The fourth-order valence-corrected chi connectivity index (χ4v) is 5.06. The second-order valence-electron chi connectivity index (χ2n) is 9.84. The van der Waals surface area contributed by atoms with Gasteiger partial charge in [0.25, 0.3) is 0 Å². The lowest BCUT2D eigenvalue weighted by molar-refractivity contribution is -0.135. The number of furan rings is 1. The van der Waals surface area contributed by atoms with Crippen molar-refractivity contribution in [1.82, 2.24) is 0 Å². The Morgan fingerprint density at radius 3 is 2.58 bits per heavy atom. The van der Waals surface area contributed by atoms with Gasteiger partial charge in [-0.05, 0) is 56.4 Å². The van der Waals surface area contributed by atoms with Gasteiger partial charge >= 0.3 is 11.9 Å². The highest BCUT2D eigenvalue weighted by molar-refractivity contribution is 5.98. The maximum absolute atomic E-state index is 13.3. The molecule has 3 heterocycles. The fraction of sp³-hybridized carbons (Fsp3) is 0.323. The van der Waals surface area contributed by atoms with Crippen LogP contribution < -0.4 is 4.74 Å². The van der Waals surface area contributed by atoms with Gasteiger partial charge in [0.15, 0.2) is 0 Å². The number of carbonyl (C=O) groups is 3. The van der Waals surface area contributed by atoms with E-state index in [1.165, 1.54) is 0 Å². The Morgan fingerprint density at radius 1 is 0.974 bits per heavy atom. The van der Waals surface area contributed by atoms with Crippen molar-refractivity contribution < 1.29 is 33.4 Å². The molecule has 2 atom stereocenters. The number of carbonyl (C=O) groups excluding carboxylic acids is 3. The van der Waals surface area contributed by atoms with Crippen LogP contribution in [-0.2, 0) is 14.3 Å². The number of fused-ring (bicyclic) bond motifs is 2. The molecule has 0 unspecified atom stereocenters. The minimum absolute atomic E-state index is 0.0257. The minimum atomic E-state index is -0.666. The molecular weight excluding hydrogens is 484 g/mol. The molecule has 3 aromatic rings. The zero-order valence-electron chi connectivity index (χ0n) is 21.3. The normalized spacial score (nSPS) is 20.6. The lowest BCUT2D eigenvalue weighted by atomic mass is 9.86. The summed E-state index contributed by atoms with van der Waals surface area (Å²) in [4.78, 5) is 38.0. The molecule has 0 radical (unpaired) electrons. The Labute approximate surface area is 221 Å². The zero-order valence-corrected chi connectivity index (χ0v) is 21.3. The van der Waals surface area contributed by atoms with Crippen LogP contribution in [0.25, 0.3) is 17.4 Å². The topological polar surface area (TPSA) is 103 Å². The highest BCUT2D eigenvalue weighted by Gasteiger charge is 2.37. The number of esters is 2. The molecule has 0 bridgehead atoms. The molecule has 0 aliphatic carbocycles. The third kappa shape index (κ3) is 5.42. The van der Waals surface area contributed by atoms with E-state index in [0.717, 1.165) is 5.56 Å². The van der Waals surface area contributed by atoms with Crippen LogP contribution in [0.3, 0.4) is 0 Å². The molecule has 2 aromatic carbocycles. The summed E-state index contributed by atoms with van der Waals surface area (Å²) < 4.78 is 17.3. The van der Waals surface area contributed by atoms with Gasteiger partial charge in [0.05, 0.1) is 18.4 Å². The Kier molecular flexibility index (Phi) is 7.45. The number of Topliss-reactive ketones (excluding diaryl/α,β-unsaturated/α-hetero) is 1. The Balaban J connectivity index is 1.57. The van der Waals surface area contributed by atoms with Crippen LogP contribution in [0.1, 0.15) is 85.0 Å². The molecule has 0 amide bonds. The lowest BCUT2D eigenvalue weighted by Crippen LogP contribution is -2.23. The molecule has 2 aliphatic rings. The summed E-state index contributed by atoms with van der Waals surface area (Å²) in [5.74, 6) is -0.540. The van der Waals surface area contributed by atoms with Crippen molar-refractivity contribution in [3.8, 4) is 22.8 Å². The van der Waals surface area contributed by atoms with E-state index in [1.807, 2.05) is 42.5 Å². The van der Waals surface area contributed by atoms with Crippen molar-refractivity contribution >= 4 is 23.8 Å². The van der Waals surface area contributed by atoms with Gasteiger partial charge in [-0.2, -0.15) is 0 Å². The van der Waals surface area contributed by atoms with Crippen LogP contribution in [0.5, 0.6) is 11.5 Å². The second kappa shape index (κ2) is 11.1. The van der Waals surface area contributed by atoms with Gasteiger partial charge in [0.2, 0.25) is 0 Å². The molecule has 0 spiro atoms. The van der Waals surface area contributed by atoms with E-state index in [2.05, 4.69) is 0 Å². The number of cyclic esters (lactones) is 1. The average Bonchev–Trinajstić information content (AvgIpc) is 3.38. The Hall–Kier alpha value is -4.13. The molecule has 0 saturated heterocycles. The van der Waals surface area contributed by atoms with E-state index in [4.69, 9.17) is 13.9 Å². The summed E-state index contributed by atoms with van der Waals surface area (Å²) in [5, 5.41) is 11.5. The highest BCUT2D eigenvalue weighted by Crippen LogP contribution is 2.47. The first-order valence-corrected chi connectivity index (χ1v) is 13.1. The van der Waals surface area contributed by atoms with Gasteiger partial charge in [-0.1, -0.05) is 42.5 Å². The molecule has 38 heavy (non-hydrogen) atoms. The molecule has 1 aromatic heterocycles. The zero-order chi connectivity index (χ0) is 26.6. The smallest absolute Gasteiger partial charge is 0.342 e. The van der Waals surface area contributed by atoms with Crippen molar-refractivity contribution in [3.63, 3.8) is 0 Å². The number of phenols is 1. The fourth-order valence-electron chi connectivity index (χ4n) is 5.06. The van der Waals surface area contributed by atoms with Gasteiger partial charge in [-0.15, -0.1) is 0 Å². The number of hydrogen-bond acceptors (Lipinski definition) is 7. The number of ketones is 1. The standard InChI is InChI=1S/C31H30O7/c1-19-9-8-14-22(32)13-7-3-6-12-21-17-26-29(30(34)28(21)31(35)36-19)23(18-27(33)38-26)25-16-15-24(37-25)20-10-4-2-5-11-20/h2,4-6,10-12,15-17,19,23,34H,3,7-9,13-14,18H2,1H3/t19-,23+/m0/s1. The average molecular weight is 515 g/mol. The van der Waals surface area contributed by atoms with Crippen LogP contribution in [-0.4, -0.2) is 28.9 Å². The first-order chi connectivity index (χ1) is 18.4. The summed E-state index contributed by atoms with van der Waals surface area (Å²) in [5.41, 5.74) is 1.62. The Morgan fingerprint density at radius 2 is 1.76 bits per heavy atom. The van der Waals surface area contributed by atoms with Crippen LogP contribution in [0.2, 0.25) is 0 Å². The summed E-state index contributed by atoms with van der Waals surface area (Å²) in [6.07, 6.45) is 6.53. The number of aromatic hydroxyl groups is 1. The van der Waals surface area contributed by atoms with Crippen LogP contribution >= 0.6 is 0 Å². The number of rotatable bonds is 2. The monoisotopic (exact) mass is 514 g/mol. The molecule has 7 nitrogen and oxygen atoms in total. The third-order valence-corrected chi connectivity index (χ3v) is 7.01. The molecular formula is C31H30O7. The number of phenolic OH excluding ortho intramolecular Hbond substituents is 1. The van der Waals surface area contributed by atoms with Gasteiger partial charge in [0.1, 0.15) is 34.4 Å². The predicted molar refractivity (Wildman–Crippen MR) is 141 cm³/mol. The highest BCUT2D eigenvalue weighted by atomic mass is 16.5. The van der Waals surface area contributed by atoms with Crippen LogP contribution in [0.4, 0.5) is 0 Å². The minimum Gasteiger partial charge on any atom is -0.507 e. The van der Waals surface area contributed by atoms with Crippen molar-refractivity contribution in [2.45, 2.75) is 63.9 Å². The largest absolute Gasteiger partial charge is 0.507 e. The molecule has 196 valence electrons. The van der Waals surface area contributed by atoms with Crippen molar-refractivity contribution in [1.29, 1.82) is 0 Å². The second-order valence-corrected chi connectivity index (χ2v) is 9.84. The summed E-state index contributed by atoms with van der Waals surface area (Å²) in [6.45, 7) is 1.78. The van der Waals surface area contributed by atoms with Crippen molar-refractivity contribution in [2.24, 2.45) is 0 Å². The van der Waals surface area contributed by atoms with Gasteiger partial charge in [-0.25, -0.2) is 4.79 Å². The maximum Gasteiger partial charge on any atom is 0.342 e. The molecule has 0 fully saturated rings. The van der Waals surface area contributed by atoms with Crippen LogP contribution in [0, 0.1) is 0 Å². The first kappa shape index (κ1) is 25.5. The first-order valence-electron chi connectivity index (χ1n) is 13.1. The summed E-state index contributed by atoms with van der Waals surface area (Å²) in [7, 11) is 0. The van der Waals surface area contributed by atoms with E-state index in [0.29, 0.717) is 61.2 Å². The number of ether oxygens (including phenoxy) is 2. The van der Waals surface area contributed by atoms with E-state index < -0.39 is 24.0 Å². The van der Waals surface area contributed by atoms with E-state index in [1.54, 1.807) is 25.1 Å². The molecule has 2 aliphatic heterocycles. The molecule has 1 N–H and O–H groups in total. The maximum atomic E-state index is 13.3. The van der Waals surface area contributed by atoms with Gasteiger partial charge < -0.3 is 19.0 Å². The lowest BCUT2D eigenvalue weighted by Gasteiger charge is -2.26. The van der Waals surface area contributed by atoms with Gasteiger partial charge in [0, 0.05) is 24.0 Å². The number of hydrogen-bond donors (Lipinski definition) is 1. The molecule has 7 heteroatoms. The SMILES string of the molecule is C[C@H]1CCCC(=O)CCCC=Cc2cc3c(c(O)c2C(=O)O1)[C@@H](c1ccc(-c2ccccc2)o1)CC(=O)O3. The molecule has 0 saturated carbocycles. The summed E-state index contributed by atoms with van der Waals surface area (Å²) in [6, 6.07) is 14.8. The quantitative estimate of drug-likeness (QED) is 0.304.